The van der Waals surface area contributed by atoms with Crippen LogP contribution in [-0.4, -0.2) is 49.5 Å². The lowest BCUT2D eigenvalue weighted by Gasteiger charge is -2.23. The van der Waals surface area contributed by atoms with Crippen molar-refractivity contribution in [3.05, 3.63) is 0 Å². The van der Waals surface area contributed by atoms with Crippen molar-refractivity contribution in [1.82, 2.24) is 10.6 Å². The van der Waals surface area contributed by atoms with Crippen LogP contribution in [-0.2, 0) is 4.74 Å². The van der Waals surface area contributed by atoms with Gasteiger partial charge < -0.3 is 20.5 Å². The lowest BCUT2D eigenvalue weighted by atomic mass is 9.98. The Balaban J connectivity index is 0. The van der Waals surface area contributed by atoms with Crippen molar-refractivity contribution in [2.45, 2.75) is 52.6 Å². The van der Waals surface area contributed by atoms with E-state index in [1.807, 2.05) is 27.7 Å². The van der Waals surface area contributed by atoms with Crippen LogP contribution in [0.4, 0.5) is 0 Å². The number of guanidine groups is 1. The van der Waals surface area contributed by atoms with Crippen LogP contribution in [0.5, 0.6) is 0 Å². The highest BCUT2D eigenvalue weighted by molar-refractivity contribution is 14.0. The van der Waals surface area contributed by atoms with Crippen molar-refractivity contribution in [2.24, 2.45) is 4.99 Å². The number of aliphatic imine (C=N–C) groups is 1. The highest BCUT2D eigenvalue weighted by Crippen LogP contribution is 2.14. The number of ether oxygens (including phenoxy) is 1. The SMILES string of the molecule is CCNC(=NCC(O)(CC)CC)NCCCOCC.I. The standard InChI is InChI=1S/C14H31N3O2.HI/c1-5-14(18,6-2)12-17-13(15-7-3)16-10-9-11-19-8-4;/h18H,5-12H2,1-4H3,(H2,15,16,17);1H. The first-order valence-electron chi connectivity index (χ1n) is 7.44. The molecule has 0 amide bonds. The highest BCUT2D eigenvalue weighted by Gasteiger charge is 2.21. The Bertz CT molecular complexity index is 247. The average Bonchev–Trinajstić information content (AvgIpc) is 2.44. The lowest BCUT2D eigenvalue weighted by Crippen LogP contribution is -2.40. The topological polar surface area (TPSA) is 65.9 Å². The molecule has 0 unspecified atom stereocenters. The number of halogens is 1. The minimum atomic E-state index is -0.687. The van der Waals surface area contributed by atoms with Crippen LogP contribution in [0, 0.1) is 0 Å². The second-order valence-corrected chi connectivity index (χ2v) is 4.60. The minimum Gasteiger partial charge on any atom is -0.388 e. The molecule has 20 heavy (non-hydrogen) atoms. The Kier molecular flexibility index (Phi) is 15.4. The Morgan fingerprint density at radius 1 is 1.15 bits per heavy atom. The molecule has 0 bridgehead atoms. The van der Waals surface area contributed by atoms with Gasteiger partial charge in [-0.05, 0) is 33.1 Å². The van der Waals surface area contributed by atoms with Gasteiger partial charge in [-0.15, -0.1) is 24.0 Å². The van der Waals surface area contributed by atoms with Gasteiger partial charge in [0.25, 0.3) is 0 Å². The van der Waals surface area contributed by atoms with Crippen molar-refractivity contribution in [2.75, 3.05) is 32.8 Å². The fourth-order valence-corrected chi connectivity index (χ4v) is 1.57. The molecule has 3 N–H and O–H groups in total. The van der Waals surface area contributed by atoms with E-state index in [1.54, 1.807) is 0 Å². The summed E-state index contributed by atoms with van der Waals surface area (Å²) in [6, 6.07) is 0. The molecule has 0 aromatic carbocycles. The number of hydrogen-bond acceptors (Lipinski definition) is 3. The molecule has 0 fully saturated rings. The highest BCUT2D eigenvalue weighted by atomic mass is 127. The largest absolute Gasteiger partial charge is 0.388 e. The fraction of sp³-hybridized carbons (Fsp3) is 0.929. The van der Waals surface area contributed by atoms with Crippen molar-refractivity contribution in [3.63, 3.8) is 0 Å². The second kappa shape index (κ2) is 13.9. The van der Waals surface area contributed by atoms with Crippen molar-refractivity contribution >= 4 is 29.9 Å². The van der Waals surface area contributed by atoms with E-state index >= 15 is 0 Å². The van der Waals surface area contributed by atoms with E-state index in [0.717, 1.165) is 51.5 Å². The summed E-state index contributed by atoms with van der Waals surface area (Å²) in [5.41, 5.74) is -0.687. The first-order chi connectivity index (χ1) is 9.11. The van der Waals surface area contributed by atoms with Gasteiger partial charge in [-0.1, -0.05) is 13.8 Å². The summed E-state index contributed by atoms with van der Waals surface area (Å²) in [5.74, 6) is 0.763. The normalized spacial score (nSPS) is 11.9. The third-order valence-corrected chi connectivity index (χ3v) is 3.15. The molecule has 5 nitrogen and oxygen atoms in total. The summed E-state index contributed by atoms with van der Waals surface area (Å²) in [5, 5.41) is 16.6. The smallest absolute Gasteiger partial charge is 0.191 e. The third kappa shape index (κ3) is 10.7. The Morgan fingerprint density at radius 2 is 1.80 bits per heavy atom. The molecule has 0 aliphatic carbocycles. The van der Waals surface area contributed by atoms with E-state index in [0.29, 0.717) is 6.54 Å². The molecule has 0 rings (SSSR count). The maximum absolute atomic E-state index is 10.2. The molecule has 122 valence electrons. The Hall–Kier alpha value is -0.0800. The predicted molar refractivity (Wildman–Crippen MR) is 96.0 cm³/mol. The summed E-state index contributed by atoms with van der Waals surface area (Å²) >= 11 is 0. The van der Waals surface area contributed by atoms with Crippen molar-refractivity contribution < 1.29 is 9.84 Å². The van der Waals surface area contributed by atoms with Crippen LogP contribution in [0.1, 0.15) is 47.0 Å². The van der Waals surface area contributed by atoms with Gasteiger partial charge in [0, 0.05) is 26.3 Å². The lowest BCUT2D eigenvalue weighted by molar-refractivity contribution is 0.0418. The first-order valence-corrected chi connectivity index (χ1v) is 7.44. The van der Waals surface area contributed by atoms with Crippen LogP contribution < -0.4 is 10.6 Å². The van der Waals surface area contributed by atoms with E-state index in [9.17, 15) is 5.11 Å². The second-order valence-electron chi connectivity index (χ2n) is 4.60. The van der Waals surface area contributed by atoms with Crippen molar-refractivity contribution in [3.8, 4) is 0 Å². The minimum absolute atomic E-state index is 0. The van der Waals surface area contributed by atoms with E-state index in [2.05, 4.69) is 15.6 Å². The summed E-state index contributed by atoms with van der Waals surface area (Å²) < 4.78 is 5.28. The van der Waals surface area contributed by atoms with Gasteiger partial charge >= 0.3 is 0 Å². The fourth-order valence-electron chi connectivity index (χ4n) is 1.57. The summed E-state index contributed by atoms with van der Waals surface area (Å²) in [4.78, 5) is 4.45. The van der Waals surface area contributed by atoms with Gasteiger partial charge in [-0.25, -0.2) is 0 Å². The quantitative estimate of drug-likeness (QED) is 0.227. The molecule has 0 aromatic heterocycles. The molecule has 0 heterocycles. The zero-order valence-corrected chi connectivity index (χ0v) is 15.7. The number of rotatable bonds is 10. The number of nitrogens with zero attached hydrogens (tertiary/aromatic N) is 1. The average molecular weight is 401 g/mol. The van der Waals surface area contributed by atoms with E-state index in [4.69, 9.17) is 4.74 Å². The summed E-state index contributed by atoms with van der Waals surface area (Å²) in [6.07, 6.45) is 2.39. The number of aliphatic hydroxyl groups is 1. The Morgan fingerprint density at radius 3 is 2.30 bits per heavy atom. The maximum Gasteiger partial charge on any atom is 0.191 e. The van der Waals surface area contributed by atoms with Crippen LogP contribution in [0.3, 0.4) is 0 Å². The molecule has 0 radical (unpaired) electrons. The molecule has 0 saturated heterocycles. The zero-order chi connectivity index (χ0) is 14.6. The van der Waals surface area contributed by atoms with Crippen LogP contribution >= 0.6 is 24.0 Å². The van der Waals surface area contributed by atoms with E-state index in [1.165, 1.54) is 0 Å². The van der Waals surface area contributed by atoms with Gasteiger partial charge in [0.05, 0.1) is 12.1 Å². The van der Waals surface area contributed by atoms with Gasteiger partial charge in [0.1, 0.15) is 0 Å². The van der Waals surface area contributed by atoms with Gasteiger partial charge in [0.15, 0.2) is 5.96 Å². The molecule has 0 aromatic rings. The van der Waals surface area contributed by atoms with E-state index < -0.39 is 5.60 Å². The third-order valence-electron chi connectivity index (χ3n) is 3.15. The maximum atomic E-state index is 10.2. The van der Waals surface area contributed by atoms with Crippen molar-refractivity contribution in [1.29, 1.82) is 0 Å². The molecule has 6 heteroatoms. The zero-order valence-electron chi connectivity index (χ0n) is 13.4. The van der Waals surface area contributed by atoms with Crippen LogP contribution in [0.25, 0.3) is 0 Å². The Labute approximate surface area is 141 Å². The molecule has 0 atom stereocenters. The first kappa shape index (κ1) is 22.2. The predicted octanol–water partition coefficient (Wildman–Crippen LogP) is 2.14. The van der Waals surface area contributed by atoms with Crippen LogP contribution in [0.15, 0.2) is 4.99 Å². The molecular formula is C14H32IN3O2. The number of hydrogen-bond donors (Lipinski definition) is 3. The molecule has 0 aliphatic rings. The van der Waals surface area contributed by atoms with Crippen LogP contribution in [0.2, 0.25) is 0 Å². The van der Waals surface area contributed by atoms with Gasteiger partial charge in [-0.2, -0.15) is 0 Å². The van der Waals surface area contributed by atoms with Gasteiger partial charge in [-0.3, -0.25) is 4.99 Å². The monoisotopic (exact) mass is 401 g/mol. The molecule has 0 aliphatic heterocycles. The molecule has 0 spiro atoms. The molecular weight excluding hydrogens is 369 g/mol. The van der Waals surface area contributed by atoms with E-state index in [-0.39, 0.29) is 24.0 Å². The van der Waals surface area contributed by atoms with Gasteiger partial charge in [0.2, 0.25) is 0 Å². The summed E-state index contributed by atoms with van der Waals surface area (Å²) in [7, 11) is 0. The number of nitrogens with one attached hydrogen (secondary N) is 2. The molecule has 0 saturated carbocycles. The summed E-state index contributed by atoms with van der Waals surface area (Å²) in [6.45, 7) is 11.6.